The van der Waals surface area contributed by atoms with Crippen molar-refractivity contribution in [3.63, 3.8) is 0 Å². The second-order valence-corrected chi connectivity index (χ2v) is 6.47. The van der Waals surface area contributed by atoms with E-state index in [4.69, 9.17) is 4.74 Å². The molecular weight excluding hydrogens is 242 g/mol. The van der Waals surface area contributed by atoms with Crippen LogP contribution in [-0.2, 0) is 9.53 Å². The molecule has 2 fully saturated rings. The van der Waals surface area contributed by atoms with Crippen molar-refractivity contribution >= 4 is 5.97 Å². The van der Waals surface area contributed by atoms with Crippen LogP contribution < -0.4 is 5.32 Å². The summed E-state index contributed by atoms with van der Waals surface area (Å²) in [6.07, 6.45) is 1.83. The summed E-state index contributed by atoms with van der Waals surface area (Å²) in [6, 6.07) is 0. The van der Waals surface area contributed by atoms with Crippen LogP contribution in [0.15, 0.2) is 0 Å². The average molecular weight is 269 g/mol. The van der Waals surface area contributed by atoms with Crippen LogP contribution in [0.25, 0.3) is 0 Å². The molecule has 0 aromatic rings. The second kappa shape index (κ2) is 6.20. The number of esters is 1. The van der Waals surface area contributed by atoms with Gasteiger partial charge in [-0.1, -0.05) is 0 Å². The summed E-state index contributed by atoms with van der Waals surface area (Å²) in [5.41, 5.74) is -0.368. The molecule has 1 N–H and O–H groups in total. The van der Waals surface area contributed by atoms with Crippen LogP contribution in [0, 0.1) is 5.92 Å². The number of hydrogen-bond donors (Lipinski definition) is 1. The van der Waals surface area contributed by atoms with Crippen LogP contribution in [0.5, 0.6) is 0 Å². The van der Waals surface area contributed by atoms with Gasteiger partial charge in [-0.05, 0) is 33.6 Å². The summed E-state index contributed by atoms with van der Waals surface area (Å²) in [5.74, 6) is 0.0610. The predicted octanol–water partition coefficient (Wildman–Crippen LogP) is 0.860. The fraction of sp³-hybridized carbons (Fsp3) is 0.929. The monoisotopic (exact) mass is 269 g/mol. The Morgan fingerprint density at radius 1 is 1.05 bits per heavy atom. The van der Waals surface area contributed by atoms with Crippen LogP contribution in [0.1, 0.15) is 33.6 Å². The molecule has 0 bridgehead atoms. The van der Waals surface area contributed by atoms with Crippen molar-refractivity contribution < 1.29 is 9.53 Å². The van der Waals surface area contributed by atoms with Crippen molar-refractivity contribution in [1.29, 1.82) is 0 Å². The zero-order valence-corrected chi connectivity index (χ0v) is 12.4. The van der Waals surface area contributed by atoms with E-state index in [1.54, 1.807) is 0 Å². The third-order valence-electron chi connectivity index (χ3n) is 3.70. The van der Waals surface area contributed by atoms with Gasteiger partial charge in [0.05, 0.1) is 5.92 Å². The summed E-state index contributed by atoms with van der Waals surface area (Å²) >= 11 is 0. The maximum atomic E-state index is 12.0. The Morgan fingerprint density at radius 2 is 1.58 bits per heavy atom. The fourth-order valence-electron chi connectivity index (χ4n) is 2.71. The molecule has 0 aliphatic carbocycles. The van der Waals surface area contributed by atoms with Gasteiger partial charge in [-0.15, -0.1) is 0 Å². The number of nitrogens with zero attached hydrogens (tertiary/aromatic N) is 2. The molecule has 0 amide bonds. The molecule has 19 heavy (non-hydrogen) atoms. The molecular formula is C14H27N3O2. The molecule has 0 spiro atoms. The van der Waals surface area contributed by atoms with Crippen LogP contribution in [0.3, 0.4) is 0 Å². The molecule has 2 aliphatic heterocycles. The van der Waals surface area contributed by atoms with Gasteiger partial charge in [0.25, 0.3) is 0 Å². The van der Waals surface area contributed by atoms with Crippen LogP contribution >= 0.6 is 0 Å². The van der Waals surface area contributed by atoms with E-state index in [1.165, 1.54) is 0 Å². The van der Waals surface area contributed by atoms with Crippen LogP contribution in [0.2, 0.25) is 0 Å². The first-order valence-corrected chi connectivity index (χ1v) is 7.39. The zero-order valence-electron chi connectivity index (χ0n) is 12.4. The Labute approximate surface area is 116 Å². The molecule has 0 saturated carbocycles. The van der Waals surface area contributed by atoms with Crippen molar-refractivity contribution in [2.45, 2.75) is 39.2 Å². The number of hydrogen-bond acceptors (Lipinski definition) is 5. The van der Waals surface area contributed by atoms with Gasteiger partial charge < -0.3 is 10.1 Å². The molecule has 2 aliphatic rings. The normalized spacial score (nSPS) is 24.4. The fourth-order valence-corrected chi connectivity index (χ4v) is 2.71. The van der Waals surface area contributed by atoms with Gasteiger partial charge in [0.1, 0.15) is 5.60 Å². The molecule has 0 radical (unpaired) electrons. The van der Waals surface area contributed by atoms with E-state index >= 15 is 0 Å². The summed E-state index contributed by atoms with van der Waals surface area (Å²) in [6.45, 7) is 12.0. The minimum Gasteiger partial charge on any atom is -0.460 e. The van der Waals surface area contributed by atoms with E-state index in [9.17, 15) is 4.79 Å². The predicted molar refractivity (Wildman–Crippen MR) is 74.6 cm³/mol. The highest BCUT2D eigenvalue weighted by molar-refractivity contribution is 5.73. The number of carbonyl (C=O) groups is 1. The van der Waals surface area contributed by atoms with Crippen molar-refractivity contribution in [1.82, 2.24) is 15.3 Å². The first-order valence-electron chi connectivity index (χ1n) is 7.39. The van der Waals surface area contributed by atoms with Gasteiger partial charge in [-0.25, -0.2) is 10.0 Å². The van der Waals surface area contributed by atoms with Crippen LogP contribution in [0.4, 0.5) is 0 Å². The number of carbonyl (C=O) groups excluding carboxylic acids is 1. The van der Waals surface area contributed by atoms with Crippen molar-refractivity contribution in [2.75, 3.05) is 39.3 Å². The van der Waals surface area contributed by atoms with Gasteiger partial charge in [-0.3, -0.25) is 4.79 Å². The molecule has 0 aromatic carbocycles. The smallest absolute Gasteiger partial charge is 0.309 e. The highest BCUT2D eigenvalue weighted by atomic mass is 16.6. The molecule has 0 unspecified atom stereocenters. The zero-order chi connectivity index (χ0) is 13.9. The molecule has 0 atom stereocenters. The highest BCUT2D eigenvalue weighted by Gasteiger charge is 2.31. The third kappa shape index (κ3) is 4.44. The number of hydrazine groups is 1. The maximum Gasteiger partial charge on any atom is 0.309 e. The number of nitrogens with one attached hydrogen (secondary N) is 1. The van der Waals surface area contributed by atoms with E-state index < -0.39 is 0 Å². The molecule has 2 heterocycles. The van der Waals surface area contributed by atoms with E-state index in [0.29, 0.717) is 0 Å². The van der Waals surface area contributed by atoms with Gasteiger partial charge in [0.2, 0.25) is 0 Å². The first-order chi connectivity index (χ1) is 8.96. The van der Waals surface area contributed by atoms with Crippen molar-refractivity contribution in [2.24, 2.45) is 5.92 Å². The topological polar surface area (TPSA) is 44.8 Å². The standard InChI is InChI=1S/C14H27N3O2/c1-14(2,3)19-13(18)12-4-8-16(9-5-12)17-10-6-15-7-11-17/h12,15H,4-11H2,1-3H3. The van der Waals surface area contributed by atoms with E-state index in [0.717, 1.165) is 52.1 Å². The summed E-state index contributed by atoms with van der Waals surface area (Å²) in [5, 5.41) is 8.19. The Morgan fingerprint density at radius 3 is 2.11 bits per heavy atom. The Balaban J connectivity index is 1.77. The Hall–Kier alpha value is -0.650. The number of piperazine rings is 1. The lowest BCUT2D eigenvalue weighted by molar-refractivity contribution is -0.163. The quantitative estimate of drug-likeness (QED) is 0.753. The summed E-state index contributed by atoms with van der Waals surface area (Å²) in [4.78, 5) is 12.0. The van der Waals surface area contributed by atoms with Crippen molar-refractivity contribution in [3.05, 3.63) is 0 Å². The Bertz CT molecular complexity index is 300. The average Bonchev–Trinajstić information content (AvgIpc) is 2.38. The minimum atomic E-state index is -0.368. The van der Waals surface area contributed by atoms with Gasteiger partial charge in [0, 0.05) is 39.3 Å². The third-order valence-corrected chi connectivity index (χ3v) is 3.70. The van der Waals surface area contributed by atoms with E-state index in [2.05, 4.69) is 15.3 Å². The summed E-state index contributed by atoms with van der Waals surface area (Å²) in [7, 11) is 0. The van der Waals surface area contributed by atoms with E-state index in [-0.39, 0.29) is 17.5 Å². The first kappa shape index (κ1) is 14.8. The lowest BCUT2D eigenvalue weighted by Crippen LogP contribution is -2.55. The summed E-state index contributed by atoms with van der Waals surface area (Å²) < 4.78 is 5.48. The molecule has 5 heteroatoms. The van der Waals surface area contributed by atoms with E-state index in [1.807, 2.05) is 20.8 Å². The number of rotatable bonds is 2. The number of piperidine rings is 1. The molecule has 2 saturated heterocycles. The SMILES string of the molecule is CC(C)(C)OC(=O)C1CCN(N2CCNCC2)CC1. The molecule has 2 rings (SSSR count). The molecule has 5 nitrogen and oxygen atoms in total. The highest BCUT2D eigenvalue weighted by Crippen LogP contribution is 2.22. The molecule has 110 valence electrons. The number of ether oxygens (including phenoxy) is 1. The lowest BCUT2D eigenvalue weighted by Gasteiger charge is -2.41. The lowest BCUT2D eigenvalue weighted by atomic mass is 9.97. The van der Waals surface area contributed by atoms with Crippen molar-refractivity contribution in [3.8, 4) is 0 Å². The molecule has 0 aromatic heterocycles. The van der Waals surface area contributed by atoms with Gasteiger partial charge in [0.15, 0.2) is 0 Å². The Kier molecular flexibility index (Phi) is 4.81. The van der Waals surface area contributed by atoms with Gasteiger partial charge in [-0.2, -0.15) is 0 Å². The minimum absolute atomic E-state index is 0.0209. The second-order valence-electron chi connectivity index (χ2n) is 6.47. The van der Waals surface area contributed by atoms with Crippen LogP contribution in [-0.4, -0.2) is 60.9 Å². The maximum absolute atomic E-state index is 12.0. The largest absolute Gasteiger partial charge is 0.460 e. The van der Waals surface area contributed by atoms with Gasteiger partial charge >= 0.3 is 5.97 Å².